The van der Waals surface area contributed by atoms with Crippen molar-refractivity contribution in [3.8, 4) is 5.75 Å². The quantitative estimate of drug-likeness (QED) is 0.795. The summed E-state index contributed by atoms with van der Waals surface area (Å²) in [5.74, 6) is 0.208. The zero-order valence-electron chi connectivity index (χ0n) is 14.0. The lowest BCUT2D eigenvalue weighted by molar-refractivity contribution is -0.122. The largest absolute Gasteiger partial charge is 0.479 e. The van der Waals surface area contributed by atoms with Gasteiger partial charge in [-0.2, -0.15) is 0 Å². The van der Waals surface area contributed by atoms with Gasteiger partial charge in [-0.1, -0.05) is 35.3 Å². The van der Waals surface area contributed by atoms with Crippen LogP contribution in [0.25, 0.3) is 0 Å². The second-order valence-corrected chi connectivity index (χ2v) is 6.88. The molecule has 3 rings (SSSR count). The molecule has 0 saturated carbocycles. The summed E-state index contributed by atoms with van der Waals surface area (Å²) in [6, 6.07) is 12.8. The Hall–Kier alpha value is -1.91. The number of ether oxygens (including phenoxy) is 1. The molecule has 0 aliphatic carbocycles. The molecule has 25 heavy (non-hydrogen) atoms. The summed E-state index contributed by atoms with van der Waals surface area (Å²) < 4.78 is 5.68. The second-order valence-electron chi connectivity index (χ2n) is 6.04. The fourth-order valence-electron chi connectivity index (χ4n) is 2.86. The van der Waals surface area contributed by atoms with Gasteiger partial charge in [0.2, 0.25) is 0 Å². The number of nitrogens with zero attached hydrogens (tertiary/aromatic N) is 1. The van der Waals surface area contributed by atoms with Crippen LogP contribution in [0.15, 0.2) is 42.5 Å². The number of para-hydroxylation sites is 2. The zero-order chi connectivity index (χ0) is 17.8. The van der Waals surface area contributed by atoms with Crippen LogP contribution in [-0.4, -0.2) is 25.1 Å². The molecular weight excluding hydrogens is 359 g/mol. The predicted molar refractivity (Wildman–Crippen MR) is 103 cm³/mol. The highest BCUT2D eigenvalue weighted by atomic mass is 35.5. The molecule has 0 spiro atoms. The lowest BCUT2D eigenvalue weighted by atomic mass is 10.2. The molecule has 1 unspecified atom stereocenters. The maximum Gasteiger partial charge on any atom is 0.265 e. The van der Waals surface area contributed by atoms with Gasteiger partial charge in [0.25, 0.3) is 5.91 Å². The van der Waals surface area contributed by atoms with Gasteiger partial charge in [-0.05, 0) is 50.1 Å². The van der Waals surface area contributed by atoms with E-state index in [1.54, 1.807) is 25.1 Å². The van der Waals surface area contributed by atoms with Crippen LogP contribution in [0.5, 0.6) is 5.75 Å². The number of nitrogens with one attached hydrogen (secondary N) is 1. The van der Waals surface area contributed by atoms with Gasteiger partial charge >= 0.3 is 0 Å². The second kappa shape index (κ2) is 7.98. The van der Waals surface area contributed by atoms with Gasteiger partial charge in [0.15, 0.2) is 6.10 Å². The SMILES string of the molecule is CC(Oc1ccc(Cl)cc1Cl)C(=O)Nc1ccccc1N1CCCC1. The maximum atomic E-state index is 12.5. The van der Waals surface area contributed by atoms with Crippen LogP contribution < -0.4 is 15.0 Å². The first-order chi connectivity index (χ1) is 12.0. The number of hydrogen-bond donors (Lipinski definition) is 1. The Morgan fingerprint density at radius 2 is 1.88 bits per heavy atom. The van der Waals surface area contributed by atoms with Crippen LogP contribution in [0, 0.1) is 0 Å². The van der Waals surface area contributed by atoms with E-state index in [0.29, 0.717) is 15.8 Å². The first kappa shape index (κ1) is 17.9. The van der Waals surface area contributed by atoms with Crippen molar-refractivity contribution < 1.29 is 9.53 Å². The molecule has 0 radical (unpaired) electrons. The molecule has 1 N–H and O–H groups in total. The molecule has 1 fully saturated rings. The van der Waals surface area contributed by atoms with Crippen molar-refractivity contribution in [2.75, 3.05) is 23.3 Å². The lowest BCUT2D eigenvalue weighted by Crippen LogP contribution is -2.31. The number of carbonyl (C=O) groups excluding carboxylic acids is 1. The number of rotatable bonds is 5. The lowest BCUT2D eigenvalue weighted by Gasteiger charge is -2.22. The highest BCUT2D eigenvalue weighted by molar-refractivity contribution is 6.35. The zero-order valence-corrected chi connectivity index (χ0v) is 15.5. The first-order valence-electron chi connectivity index (χ1n) is 8.31. The fourth-order valence-corrected chi connectivity index (χ4v) is 3.32. The number of hydrogen-bond acceptors (Lipinski definition) is 3. The van der Waals surface area contributed by atoms with Crippen molar-refractivity contribution in [2.45, 2.75) is 25.9 Å². The maximum absolute atomic E-state index is 12.5. The normalized spacial score (nSPS) is 15.1. The number of halogens is 2. The molecule has 2 aromatic rings. The highest BCUT2D eigenvalue weighted by Gasteiger charge is 2.20. The summed E-state index contributed by atoms with van der Waals surface area (Å²) in [5, 5.41) is 3.87. The van der Waals surface area contributed by atoms with Crippen molar-refractivity contribution in [3.05, 3.63) is 52.5 Å². The smallest absolute Gasteiger partial charge is 0.265 e. The van der Waals surface area contributed by atoms with E-state index in [0.717, 1.165) is 24.5 Å². The van der Waals surface area contributed by atoms with Crippen molar-refractivity contribution >= 4 is 40.5 Å². The molecule has 0 aromatic heterocycles. The number of carbonyl (C=O) groups is 1. The van der Waals surface area contributed by atoms with Crippen molar-refractivity contribution in [1.29, 1.82) is 0 Å². The van der Waals surface area contributed by atoms with E-state index in [9.17, 15) is 4.79 Å². The number of benzene rings is 2. The minimum atomic E-state index is -0.690. The van der Waals surface area contributed by atoms with Crippen LogP contribution in [-0.2, 0) is 4.79 Å². The van der Waals surface area contributed by atoms with Gasteiger partial charge in [-0.15, -0.1) is 0 Å². The molecule has 2 aromatic carbocycles. The molecule has 6 heteroatoms. The molecule has 1 atom stereocenters. The van der Waals surface area contributed by atoms with Crippen molar-refractivity contribution in [2.24, 2.45) is 0 Å². The van der Waals surface area contributed by atoms with Gasteiger partial charge in [-0.3, -0.25) is 4.79 Å². The molecule has 1 aliphatic heterocycles. The van der Waals surface area contributed by atoms with Crippen LogP contribution in [0.2, 0.25) is 10.0 Å². The van der Waals surface area contributed by atoms with Crippen LogP contribution >= 0.6 is 23.2 Å². The first-order valence-corrected chi connectivity index (χ1v) is 9.07. The van der Waals surface area contributed by atoms with Gasteiger partial charge in [0, 0.05) is 18.1 Å². The molecule has 1 heterocycles. The van der Waals surface area contributed by atoms with Gasteiger partial charge in [0.05, 0.1) is 16.4 Å². The topological polar surface area (TPSA) is 41.6 Å². The van der Waals surface area contributed by atoms with E-state index in [-0.39, 0.29) is 5.91 Å². The molecule has 0 bridgehead atoms. The summed E-state index contributed by atoms with van der Waals surface area (Å²) in [6.45, 7) is 3.72. The van der Waals surface area contributed by atoms with Crippen molar-refractivity contribution in [3.63, 3.8) is 0 Å². The van der Waals surface area contributed by atoms with Crippen LogP contribution in [0.1, 0.15) is 19.8 Å². The van der Waals surface area contributed by atoms with Crippen LogP contribution in [0.4, 0.5) is 11.4 Å². The van der Waals surface area contributed by atoms with E-state index in [2.05, 4.69) is 10.2 Å². The Kier molecular flexibility index (Phi) is 5.71. The van der Waals surface area contributed by atoms with E-state index < -0.39 is 6.10 Å². The standard InChI is InChI=1S/C19H20Cl2N2O2/c1-13(25-18-9-8-14(20)12-15(18)21)19(24)22-16-6-2-3-7-17(16)23-10-4-5-11-23/h2-3,6-9,12-13H,4-5,10-11H2,1H3,(H,22,24). The molecule has 1 saturated heterocycles. The molecule has 4 nitrogen and oxygen atoms in total. The number of anilines is 2. The molecule has 132 valence electrons. The fraction of sp³-hybridized carbons (Fsp3) is 0.316. The Bertz CT molecular complexity index is 761. The van der Waals surface area contributed by atoms with E-state index in [1.165, 1.54) is 12.8 Å². The Labute approximate surface area is 157 Å². The predicted octanol–water partition coefficient (Wildman–Crippen LogP) is 5.00. The van der Waals surface area contributed by atoms with E-state index in [1.807, 2.05) is 24.3 Å². The van der Waals surface area contributed by atoms with Crippen molar-refractivity contribution in [1.82, 2.24) is 0 Å². The Balaban J connectivity index is 1.69. The monoisotopic (exact) mass is 378 g/mol. The molecule has 1 amide bonds. The third-order valence-electron chi connectivity index (χ3n) is 4.18. The minimum Gasteiger partial charge on any atom is -0.479 e. The minimum absolute atomic E-state index is 0.224. The summed E-state index contributed by atoms with van der Waals surface area (Å²) in [7, 11) is 0. The summed E-state index contributed by atoms with van der Waals surface area (Å²) in [4.78, 5) is 14.8. The molecule has 1 aliphatic rings. The van der Waals surface area contributed by atoms with Gasteiger partial charge in [-0.25, -0.2) is 0 Å². The molecular formula is C19H20Cl2N2O2. The number of amides is 1. The summed E-state index contributed by atoms with van der Waals surface area (Å²) in [6.07, 6.45) is 1.67. The summed E-state index contributed by atoms with van der Waals surface area (Å²) >= 11 is 12.0. The Morgan fingerprint density at radius 3 is 2.60 bits per heavy atom. The summed E-state index contributed by atoms with van der Waals surface area (Å²) in [5.41, 5.74) is 1.84. The third kappa shape index (κ3) is 4.39. The highest BCUT2D eigenvalue weighted by Crippen LogP contribution is 2.30. The van der Waals surface area contributed by atoms with Gasteiger partial charge in [0.1, 0.15) is 5.75 Å². The third-order valence-corrected chi connectivity index (χ3v) is 4.71. The van der Waals surface area contributed by atoms with Crippen LogP contribution in [0.3, 0.4) is 0 Å². The average Bonchev–Trinajstić information content (AvgIpc) is 3.12. The van der Waals surface area contributed by atoms with Gasteiger partial charge < -0.3 is 15.0 Å². The Morgan fingerprint density at radius 1 is 1.16 bits per heavy atom. The van der Waals surface area contributed by atoms with E-state index >= 15 is 0 Å². The van der Waals surface area contributed by atoms with E-state index in [4.69, 9.17) is 27.9 Å². The average molecular weight is 379 g/mol.